The zero-order valence-electron chi connectivity index (χ0n) is 11.4. The standard InChI is InChI=1S/C13H18N2O4/c1-7-4-10(16)14(12(7)18)6-9(3)15-11(17)5-8(2)13(15)19/h7-9H,4-6H2,1-3H3. The average molecular weight is 266 g/mol. The number of hydrogen-bond acceptors (Lipinski definition) is 4. The van der Waals surface area contributed by atoms with Crippen LogP contribution in [0, 0.1) is 11.8 Å². The van der Waals surface area contributed by atoms with Gasteiger partial charge in [0.25, 0.3) is 0 Å². The molecule has 0 aromatic carbocycles. The van der Waals surface area contributed by atoms with Crippen molar-refractivity contribution in [3.05, 3.63) is 0 Å². The van der Waals surface area contributed by atoms with Crippen molar-refractivity contribution in [2.24, 2.45) is 11.8 Å². The molecule has 6 nitrogen and oxygen atoms in total. The second kappa shape index (κ2) is 4.75. The van der Waals surface area contributed by atoms with Crippen LogP contribution >= 0.6 is 0 Å². The van der Waals surface area contributed by atoms with Crippen molar-refractivity contribution in [1.82, 2.24) is 9.80 Å². The van der Waals surface area contributed by atoms with E-state index in [1.54, 1.807) is 20.8 Å². The van der Waals surface area contributed by atoms with Crippen LogP contribution < -0.4 is 0 Å². The summed E-state index contributed by atoms with van der Waals surface area (Å²) in [5.74, 6) is -1.50. The molecule has 0 radical (unpaired) electrons. The lowest BCUT2D eigenvalue weighted by molar-refractivity contribution is -0.147. The maximum atomic E-state index is 11.9. The van der Waals surface area contributed by atoms with Crippen LogP contribution in [-0.2, 0) is 19.2 Å². The molecule has 4 amide bonds. The Morgan fingerprint density at radius 1 is 1.00 bits per heavy atom. The molecule has 0 bridgehead atoms. The number of rotatable bonds is 3. The molecule has 2 fully saturated rings. The predicted octanol–water partition coefficient (Wildman–Crippen LogP) is 0.165. The molecule has 2 aliphatic heterocycles. The van der Waals surface area contributed by atoms with E-state index in [0.29, 0.717) is 0 Å². The second-order valence-corrected chi connectivity index (χ2v) is 5.50. The molecular formula is C13H18N2O4. The predicted molar refractivity (Wildman–Crippen MR) is 65.6 cm³/mol. The Labute approximate surface area is 111 Å². The van der Waals surface area contributed by atoms with Crippen LogP contribution in [0.15, 0.2) is 0 Å². The van der Waals surface area contributed by atoms with E-state index in [4.69, 9.17) is 0 Å². The molecule has 0 saturated carbocycles. The summed E-state index contributed by atoms with van der Waals surface area (Å²) in [6.45, 7) is 5.21. The smallest absolute Gasteiger partial charge is 0.232 e. The highest BCUT2D eigenvalue weighted by Gasteiger charge is 2.42. The molecule has 104 valence electrons. The number of hydrogen-bond donors (Lipinski definition) is 0. The Kier molecular flexibility index (Phi) is 3.43. The lowest BCUT2D eigenvalue weighted by atomic mass is 10.1. The summed E-state index contributed by atoms with van der Waals surface area (Å²) in [6.07, 6.45) is 0.422. The topological polar surface area (TPSA) is 74.8 Å². The fraction of sp³-hybridized carbons (Fsp3) is 0.692. The van der Waals surface area contributed by atoms with Crippen LogP contribution in [0.5, 0.6) is 0 Å². The summed E-state index contributed by atoms with van der Waals surface area (Å²) < 4.78 is 0. The van der Waals surface area contributed by atoms with Gasteiger partial charge in [0.15, 0.2) is 0 Å². The van der Waals surface area contributed by atoms with Gasteiger partial charge in [-0.05, 0) is 6.92 Å². The molecule has 0 aromatic heterocycles. The molecule has 2 aliphatic rings. The summed E-state index contributed by atoms with van der Waals surface area (Å²) in [5.41, 5.74) is 0. The van der Waals surface area contributed by atoms with Crippen molar-refractivity contribution in [2.75, 3.05) is 6.54 Å². The highest BCUT2D eigenvalue weighted by molar-refractivity contribution is 6.05. The summed E-state index contributed by atoms with van der Waals surface area (Å²) in [4.78, 5) is 49.5. The van der Waals surface area contributed by atoms with E-state index < -0.39 is 6.04 Å². The van der Waals surface area contributed by atoms with Crippen LogP contribution in [0.3, 0.4) is 0 Å². The van der Waals surface area contributed by atoms with Crippen LogP contribution in [0.2, 0.25) is 0 Å². The van der Waals surface area contributed by atoms with Gasteiger partial charge in [0, 0.05) is 31.2 Å². The Hall–Kier alpha value is -1.72. The molecule has 0 N–H and O–H groups in total. The first-order chi connectivity index (χ1) is 8.82. The van der Waals surface area contributed by atoms with Gasteiger partial charge < -0.3 is 0 Å². The van der Waals surface area contributed by atoms with Crippen molar-refractivity contribution >= 4 is 23.6 Å². The van der Waals surface area contributed by atoms with E-state index >= 15 is 0 Å². The third kappa shape index (κ3) is 2.27. The van der Waals surface area contributed by atoms with Crippen molar-refractivity contribution in [3.63, 3.8) is 0 Å². The minimum atomic E-state index is -0.455. The van der Waals surface area contributed by atoms with E-state index in [2.05, 4.69) is 0 Å². The van der Waals surface area contributed by atoms with E-state index in [-0.39, 0.29) is 54.9 Å². The van der Waals surface area contributed by atoms with Crippen molar-refractivity contribution < 1.29 is 19.2 Å². The van der Waals surface area contributed by atoms with Gasteiger partial charge >= 0.3 is 0 Å². The Morgan fingerprint density at radius 2 is 1.53 bits per heavy atom. The third-order valence-electron chi connectivity index (χ3n) is 3.77. The van der Waals surface area contributed by atoms with Gasteiger partial charge in [-0.3, -0.25) is 29.0 Å². The fourth-order valence-corrected chi connectivity index (χ4v) is 2.66. The van der Waals surface area contributed by atoms with Gasteiger partial charge in [-0.15, -0.1) is 0 Å². The fourth-order valence-electron chi connectivity index (χ4n) is 2.66. The number of carbonyl (C=O) groups excluding carboxylic acids is 4. The number of likely N-dealkylation sites (tertiary alicyclic amines) is 2. The van der Waals surface area contributed by atoms with E-state index in [0.717, 1.165) is 0 Å². The third-order valence-corrected chi connectivity index (χ3v) is 3.77. The quantitative estimate of drug-likeness (QED) is 0.682. The maximum Gasteiger partial charge on any atom is 0.232 e. The highest BCUT2D eigenvalue weighted by Crippen LogP contribution is 2.24. The van der Waals surface area contributed by atoms with E-state index in [9.17, 15) is 19.2 Å². The zero-order chi connectivity index (χ0) is 14.3. The lowest BCUT2D eigenvalue weighted by Gasteiger charge is -2.26. The van der Waals surface area contributed by atoms with Crippen molar-refractivity contribution in [3.8, 4) is 0 Å². The minimum absolute atomic E-state index is 0.103. The molecule has 6 heteroatoms. The molecule has 3 atom stereocenters. The first kappa shape index (κ1) is 13.7. The molecule has 3 unspecified atom stereocenters. The summed E-state index contributed by atoms with van der Waals surface area (Å²) in [6, 6.07) is -0.455. The molecule has 2 rings (SSSR count). The van der Waals surface area contributed by atoms with Gasteiger partial charge in [-0.1, -0.05) is 13.8 Å². The molecule has 0 aliphatic carbocycles. The Balaban J connectivity index is 2.08. The molecule has 2 saturated heterocycles. The Bertz CT molecular complexity index is 460. The van der Waals surface area contributed by atoms with Gasteiger partial charge in [0.1, 0.15) is 0 Å². The van der Waals surface area contributed by atoms with Crippen LogP contribution in [0.4, 0.5) is 0 Å². The van der Waals surface area contributed by atoms with Gasteiger partial charge in [0.05, 0.1) is 6.04 Å². The summed E-state index contributed by atoms with van der Waals surface area (Å²) >= 11 is 0. The highest BCUT2D eigenvalue weighted by atomic mass is 16.2. The minimum Gasteiger partial charge on any atom is -0.280 e. The second-order valence-electron chi connectivity index (χ2n) is 5.50. The Morgan fingerprint density at radius 3 is 1.95 bits per heavy atom. The first-order valence-electron chi connectivity index (χ1n) is 6.53. The molecule has 2 heterocycles. The number of imide groups is 2. The monoisotopic (exact) mass is 266 g/mol. The largest absolute Gasteiger partial charge is 0.280 e. The number of amides is 4. The SMILES string of the molecule is CC1CC(=O)N(CC(C)N2C(=O)CC(C)C2=O)C1=O. The zero-order valence-corrected chi connectivity index (χ0v) is 11.4. The average Bonchev–Trinajstić information content (AvgIpc) is 2.70. The van der Waals surface area contributed by atoms with Crippen LogP contribution in [-0.4, -0.2) is 46.0 Å². The molecule has 19 heavy (non-hydrogen) atoms. The van der Waals surface area contributed by atoms with Crippen molar-refractivity contribution in [1.29, 1.82) is 0 Å². The van der Waals surface area contributed by atoms with Crippen LogP contribution in [0.25, 0.3) is 0 Å². The maximum absolute atomic E-state index is 11.9. The summed E-state index contributed by atoms with van der Waals surface area (Å²) in [7, 11) is 0. The molecular weight excluding hydrogens is 248 g/mol. The van der Waals surface area contributed by atoms with Gasteiger partial charge in [0.2, 0.25) is 23.6 Å². The molecule has 0 spiro atoms. The van der Waals surface area contributed by atoms with E-state index in [1.165, 1.54) is 9.80 Å². The van der Waals surface area contributed by atoms with Crippen molar-refractivity contribution in [2.45, 2.75) is 39.7 Å². The normalized spacial score (nSPS) is 29.6. The molecule has 0 aromatic rings. The lowest BCUT2D eigenvalue weighted by Crippen LogP contribution is -2.47. The first-order valence-corrected chi connectivity index (χ1v) is 6.53. The van der Waals surface area contributed by atoms with Crippen LogP contribution in [0.1, 0.15) is 33.6 Å². The summed E-state index contributed by atoms with van der Waals surface area (Å²) in [5, 5.41) is 0. The van der Waals surface area contributed by atoms with Gasteiger partial charge in [-0.25, -0.2) is 0 Å². The van der Waals surface area contributed by atoms with E-state index in [1.807, 2.05) is 0 Å². The number of nitrogens with zero attached hydrogens (tertiary/aromatic N) is 2. The number of carbonyl (C=O) groups is 4. The van der Waals surface area contributed by atoms with Gasteiger partial charge in [-0.2, -0.15) is 0 Å².